The molecule has 0 spiro atoms. The molecule has 0 heterocycles. The summed E-state index contributed by atoms with van der Waals surface area (Å²) in [7, 11) is 0. The summed E-state index contributed by atoms with van der Waals surface area (Å²) in [5.74, 6) is -0.724. The van der Waals surface area contributed by atoms with E-state index in [4.69, 9.17) is 4.74 Å². The average molecular weight is 504 g/mol. The van der Waals surface area contributed by atoms with Crippen LogP contribution in [0.4, 0.5) is 10.5 Å². The number of nitrogens with zero attached hydrogens (tertiary/aromatic N) is 1. The molecule has 2 N–H and O–H groups in total. The summed E-state index contributed by atoms with van der Waals surface area (Å²) in [4.78, 5) is 41.0. The number of benzene rings is 3. The van der Waals surface area contributed by atoms with E-state index in [-0.39, 0.29) is 18.5 Å². The van der Waals surface area contributed by atoms with E-state index in [2.05, 4.69) is 10.6 Å². The van der Waals surface area contributed by atoms with Gasteiger partial charge in [0.15, 0.2) is 0 Å². The normalized spacial score (nSPS) is 12.2. The van der Waals surface area contributed by atoms with Crippen LogP contribution in [0.25, 0.3) is 10.8 Å². The lowest BCUT2D eigenvalue weighted by atomic mass is 9.98. The van der Waals surface area contributed by atoms with E-state index in [0.717, 1.165) is 21.9 Å². The first kappa shape index (κ1) is 27.7. The third-order valence-corrected chi connectivity index (χ3v) is 5.73. The Morgan fingerprint density at radius 2 is 1.51 bits per heavy atom. The standard InChI is InChI=1S/C30H37N3O4/c1-19(2)33(26(34)18-31-29(36)37-30(5,6)7)27(24-15-20(3)14-21(4)16-24)28(35)32-25-13-12-22-10-8-9-11-23(22)17-25/h8-17,19,27H,18H2,1-7H3,(H,31,36)(H,32,35). The van der Waals surface area contributed by atoms with Crippen LogP contribution >= 0.6 is 0 Å². The molecular formula is C30H37N3O4. The van der Waals surface area contributed by atoms with Gasteiger partial charge in [0.05, 0.1) is 0 Å². The van der Waals surface area contributed by atoms with Gasteiger partial charge in [-0.25, -0.2) is 4.79 Å². The Morgan fingerprint density at radius 1 is 0.892 bits per heavy atom. The molecular weight excluding hydrogens is 466 g/mol. The minimum absolute atomic E-state index is 0.294. The Labute approximate surface area is 219 Å². The Morgan fingerprint density at radius 3 is 2.11 bits per heavy atom. The molecule has 0 saturated carbocycles. The van der Waals surface area contributed by atoms with Gasteiger partial charge in [-0.1, -0.05) is 59.7 Å². The first-order valence-electron chi connectivity index (χ1n) is 12.5. The maximum atomic E-state index is 13.8. The number of ether oxygens (including phenoxy) is 1. The molecule has 0 radical (unpaired) electrons. The van der Waals surface area contributed by atoms with Crippen molar-refractivity contribution < 1.29 is 19.1 Å². The minimum Gasteiger partial charge on any atom is -0.444 e. The van der Waals surface area contributed by atoms with Gasteiger partial charge < -0.3 is 20.3 Å². The fourth-order valence-electron chi connectivity index (χ4n) is 4.37. The molecule has 3 aromatic rings. The monoisotopic (exact) mass is 503 g/mol. The molecule has 7 heteroatoms. The van der Waals surface area contributed by atoms with Crippen LogP contribution in [0.1, 0.15) is 57.4 Å². The second kappa shape index (κ2) is 11.5. The molecule has 0 aliphatic carbocycles. The van der Waals surface area contributed by atoms with Gasteiger partial charge in [-0.15, -0.1) is 0 Å². The molecule has 7 nitrogen and oxygen atoms in total. The Kier molecular flexibility index (Phi) is 8.58. The average Bonchev–Trinajstić information content (AvgIpc) is 2.78. The van der Waals surface area contributed by atoms with Crippen LogP contribution in [0.3, 0.4) is 0 Å². The van der Waals surface area contributed by atoms with E-state index >= 15 is 0 Å². The topological polar surface area (TPSA) is 87.7 Å². The number of nitrogens with one attached hydrogen (secondary N) is 2. The quantitative estimate of drug-likeness (QED) is 0.420. The highest BCUT2D eigenvalue weighted by Gasteiger charge is 2.34. The molecule has 0 fully saturated rings. The molecule has 0 saturated heterocycles. The van der Waals surface area contributed by atoms with Crippen molar-refractivity contribution in [3.8, 4) is 0 Å². The number of aryl methyl sites for hydroxylation is 2. The van der Waals surface area contributed by atoms with Crippen molar-refractivity contribution in [3.63, 3.8) is 0 Å². The van der Waals surface area contributed by atoms with Crippen molar-refractivity contribution in [2.75, 3.05) is 11.9 Å². The van der Waals surface area contributed by atoms with E-state index in [1.807, 2.05) is 88.4 Å². The first-order valence-corrected chi connectivity index (χ1v) is 12.5. The zero-order valence-electron chi connectivity index (χ0n) is 22.7. The number of rotatable bonds is 7. The van der Waals surface area contributed by atoms with Crippen molar-refractivity contribution in [1.82, 2.24) is 10.2 Å². The highest BCUT2D eigenvalue weighted by atomic mass is 16.6. The maximum Gasteiger partial charge on any atom is 0.408 e. The van der Waals surface area contributed by atoms with E-state index in [9.17, 15) is 14.4 Å². The van der Waals surface area contributed by atoms with Crippen molar-refractivity contribution in [1.29, 1.82) is 0 Å². The Balaban J connectivity index is 1.94. The third-order valence-electron chi connectivity index (χ3n) is 5.73. The predicted molar refractivity (Wildman–Crippen MR) is 147 cm³/mol. The zero-order chi connectivity index (χ0) is 27.3. The number of hydrogen-bond donors (Lipinski definition) is 2. The van der Waals surface area contributed by atoms with E-state index < -0.39 is 23.6 Å². The van der Waals surface area contributed by atoms with Crippen molar-refractivity contribution >= 4 is 34.4 Å². The predicted octanol–water partition coefficient (Wildman–Crippen LogP) is 5.90. The van der Waals surface area contributed by atoms with Gasteiger partial charge >= 0.3 is 6.09 Å². The number of alkyl carbamates (subject to hydrolysis) is 1. The van der Waals surface area contributed by atoms with Crippen LogP contribution in [0, 0.1) is 13.8 Å². The lowest BCUT2D eigenvalue weighted by molar-refractivity contribution is -0.140. The van der Waals surface area contributed by atoms with Crippen LogP contribution < -0.4 is 10.6 Å². The lowest BCUT2D eigenvalue weighted by Crippen LogP contribution is -2.49. The van der Waals surface area contributed by atoms with E-state index in [1.165, 1.54) is 4.90 Å². The summed E-state index contributed by atoms with van der Waals surface area (Å²) in [5, 5.41) is 7.61. The fourth-order valence-corrected chi connectivity index (χ4v) is 4.37. The van der Waals surface area contributed by atoms with Crippen LogP contribution in [-0.2, 0) is 14.3 Å². The van der Waals surface area contributed by atoms with Gasteiger partial charge in [-0.05, 0) is 76.9 Å². The van der Waals surface area contributed by atoms with Crippen molar-refractivity contribution in [3.05, 3.63) is 77.4 Å². The van der Waals surface area contributed by atoms with Crippen LogP contribution in [0.15, 0.2) is 60.7 Å². The van der Waals surface area contributed by atoms with E-state index in [1.54, 1.807) is 20.8 Å². The molecule has 1 unspecified atom stereocenters. The molecule has 0 aromatic heterocycles. The third kappa shape index (κ3) is 7.56. The molecule has 1 atom stereocenters. The van der Waals surface area contributed by atoms with Gasteiger partial charge in [0.2, 0.25) is 5.91 Å². The summed E-state index contributed by atoms with van der Waals surface area (Å²) >= 11 is 0. The largest absolute Gasteiger partial charge is 0.444 e. The summed E-state index contributed by atoms with van der Waals surface area (Å²) in [5.41, 5.74) is 2.63. The molecule has 0 bridgehead atoms. The second-order valence-electron chi connectivity index (χ2n) is 10.6. The van der Waals surface area contributed by atoms with Gasteiger partial charge in [0.1, 0.15) is 18.2 Å². The molecule has 0 aliphatic rings. The molecule has 37 heavy (non-hydrogen) atoms. The molecule has 3 aromatic carbocycles. The van der Waals surface area contributed by atoms with Gasteiger partial charge in [0.25, 0.3) is 5.91 Å². The fraction of sp³-hybridized carbons (Fsp3) is 0.367. The Bertz CT molecular complexity index is 1270. The maximum absolute atomic E-state index is 13.8. The van der Waals surface area contributed by atoms with Crippen LogP contribution in [0.2, 0.25) is 0 Å². The van der Waals surface area contributed by atoms with E-state index in [0.29, 0.717) is 11.3 Å². The van der Waals surface area contributed by atoms with Crippen molar-refractivity contribution in [2.45, 2.75) is 66.2 Å². The second-order valence-corrected chi connectivity index (χ2v) is 10.6. The first-order chi connectivity index (χ1) is 17.3. The minimum atomic E-state index is -0.905. The summed E-state index contributed by atoms with van der Waals surface area (Å²) in [6.45, 7) is 12.6. The molecule has 3 rings (SSSR count). The number of carbonyl (C=O) groups is 3. The van der Waals surface area contributed by atoms with Crippen LogP contribution in [-0.4, -0.2) is 41.0 Å². The number of amides is 3. The van der Waals surface area contributed by atoms with Gasteiger partial charge in [-0.2, -0.15) is 0 Å². The smallest absolute Gasteiger partial charge is 0.408 e. The Hall–Kier alpha value is -3.87. The summed E-state index contributed by atoms with van der Waals surface area (Å²) in [6, 6.07) is 18.3. The molecule has 3 amide bonds. The number of fused-ring (bicyclic) bond motifs is 1. The molecule has 0 aliphatic heterocycles. The lowest BCUT2D eigenvalue weighted by Gasteiger charge is -2.35. The summed E-state index contributed by atoms with van der Waals surface area (Å²) in [6.07, 6.45) is -0.687. The highest BCUT2D eigenvalue weighted by Crippen LogP contribution is 2.28. The zero-order valence-corrected chi connectivity index (χ0v) is 22.7. The van der Waals surface area contributed by atoms with Gasteiger partial charge in [0, 0.05) is 11.7 Å². The summed E-state index contributed by atoms with van der Waals surface area (Å²) < 4.78 is 5.27. The number of hydrogen-bond acceptors (Lipinski definition) is 4. The SMILES string of the molecule is Cc1cc(C)cc(C(C(=O)Nc2ccc3ccccc3c2)N(C(=O)CNC(=O)OC(C)(C)C)C(C)C)c1. The van der Waals surface area contributed by atoms with Crippen LogP contribution in [0.5, 0.6) is 0 Å². The van der Waals surface area contributed by atoms with Crippen molar-refractivity contribution in [2.24, 2.45) is 0 Å². The highest BCUT2D eigenvalue weighted by molar-refractivity contribution is 6.00. The number of anilines is 1. The van der Waals surface area contributed by atoms with Gasteiger partial charge in [-0.3, -0.25) is 9.59 Å². The number of carbonyl (C=O) groups excluding carboxylic acids is 3. The molecule has 196 valence electrons.